The number of hydrogen-bond acceptors (Lipinski definition) is 5. The number of likely N-dealkylation sites (N-methyl/N-ethyl adjacent to an activating group) is 1. The molecule has 0 aliphatic heterocycles. The topological polar surface area (TPSA) is 64.9 Å². The van der Waals surface area contributed by atoms with Crippen LogP contribution in [0.2, 0.25) is 0 Å². The Balaban J connectivity index is 2.53. The second-order valence-electron chi connectivity index (χ2n) is 3.45. The maximum absolute atomic E-state index is 5.53. The molecule has 0 aliphatic rings. The highest BCUT2D eigenvalue weighted by molar-refractivity contribution is 4.86. The first-order valence-corrected chi connectivity index (χ1v) is 5.19. The summed E-state index contributed by atoms with van der Waals surface area (Å²) in [7, 11) is 3.67. The van der Waals surface area contributed by atoms with Crippen LogP contribution in [0.3, 0.4) is 0 Å². The number of rotatable bonds is 6. The molecular weight excluding hydrogens is 194 g/mol. The second kappa shape index (κ2) is 5.77. The highest BCUT2D eigenvalue weighted by Crippen LogP contribution is 2.03. The third kappa shape index (κ3) is 3.56. The van der Waals surface area contributed by atoms with E-state index in [2.05, 4.69) is 20.7 Å². The van der Waals surface area contributed by atoms with Gasteiger partial charge in [-0.25, -0.2) is 0 Å². The Morgan fingerprint density at radius 2 is 2.27 bits per heavy atom. The van der Waals surface area contributed by atoms with Gasteiger partial charge in [0, 0.05) is 19.1 Å². The lowest BCUT2D eigenvalue weighted by Crippen LogP contribution is -2.39. The molecule has 0 aliphatic carbocycles. The lowest BCUT2D eigenvalue weighted by atomic mass is 10.1. The average Bonchev–Trinajstić information content (AvgIpc) is 2.61. The lowest BCUT2D eigenvalue weighted by Gasteiger charge is -2.21. The van der Waals surface area contributed by atoms with E-state index in [0.29, 0.717) is 6.61 Å². The van der Waals surface area contributed by atoms with E-state index in [-0.39, 0.29) is 12.1 Å². The van der Waals surface area contributed by atoms with Crippen LogP contribution < -0.4 is 5.32 Å². The molecule has 1 aromatic heterocycles. The van der Waals surface area contributed by atoms with Crippen molar-refractivity contribution in [2.24, 2.45) is 7.05 Å². The number of aromatic nitrogens is 4. The van der Waals surface area contributed by atoms with Crippen molar-refractivity contribution in [3.05, 3.63) is 5.82 Å². The molecule has 0 bridgehead atoms. The highest BCUT2D eigenvalue weighted by Gasteiger charge is 2.18. The molecule has 0 radical (unpaired) electrons. The number of ether oxygens (including phenoxy) is 1. The van der Waals surface area contributed by atoms with E-state index in [1.54, 1.807) is 7.05 Å². The van der Waals surface area contributed by atoms with Gasteiger partial charge in [-0.3, -0.25) is 0 Å². The van der Waals surface area contributed by atoms with E-state index < -0.39 is 0 Å². The van der Waals surface area contributed by atoms with Crippen molar-refractivity contribution < 1.29 is 4.74 Å². The first kappa shape index (κ1) is 12.1. The van der Waals surface area contributed by atoms with Crippen molar-refractivity contribution in [2.75, 3.05) is 13.7 Å². The van der Waals surface area contributed by atoms with E-state index in [1.165, 1.54) is 4.80 Å². The fraction of sp³-hybridized carbons (Fsp3) is 0.889. The van der Waals surface area contributed by atoms with Crippen LogP contribution in [-0.4, -0.2) is 46.0 Å². The number of hydrogen-bond donors (Lipinski definition) is 1. The van der Waals surface area contributed by atoms with E-state index in [1.807, 2.05) is 20.9 Å². The van der Waals surface area contributed by atoms with Crippen molar-refractivity contribution in [2.45, 2.75) is 32.4 Å². The average molecular weight is 213 g/mol. The maximum atomic E-state index is 5.53. The minimum absolute atomic E-state index is 0.142. The van der Waals surface area contributed by atoms with Crippen LogP contribution in [0.1, 0.15) is 19.7 Å². The van der Waals surface area contributed by atoms with E-state index in [0.717, 1.165) is 12.2 Å². The summed E-state index contributed by atoms with van der Waals surface area (Å²) in [6.45, 7) is 4.75. The molecule has 1 heterocycles. The van der Waals surface area contributed by atoms with E-state index >= 15 is 0 Å². The molecule has 1 rings (SSSR count). The molecule has 0 saturated carbocycles. The van der Waals surface area contributed by atoms with Crippen LogP contribution in [0.5, 0.6) is 0 Å². The number of aryl methyl sites for hydroxylation is 1. The predicted molar refractivity (Wildman–Crippen MR) is 56.4 cm³/mol. The van der Waals surface area contributed by atoms with Crippen LogP contribution in [0.25, 0.3) is 0 Å². The first-order valence-electron chi connectivity index (χ1n) is 5.19. The lowest BCUT2D eigenvalue weighted by molar-refractivity contribution is 0.0491. The minimum Gasteiger partial charge on any atom is -0.377 e. The van der Waals surface area contributed by atoms with Crippen LogP contribution in [0.4, 0.5) is 0 Å². The van der Waals surface area contributed by atoms with E-state index in [9.17, 15) is 0 Å². The van der Waals surface area contributed by atoms with Gasteiger partial charge in [0.1, 0.15) is 0 Å². The summed E-state index contributed by atoms with van der Waals surface area (Å²) < 4.78 is 5.53. The molecule has 0 saturated heterocycles. The Morgan fingerprint density at radius 3 is 2.73 bits per heavy atom. The summed E-state index contributed by atoms with van der Waals surface area (Å²) in [5, 5.41) is 15.1. The number of tetrazole rings is 1. The van der Waals surface area contributed by atoms with Crippen molar-refractivity contribution in [1.82, 2.24) is 25.5 Å². The Hall–Kier alpha value is -1.01. The molecule has 2 unspecified atom stereocenters. The van der Waals surface area contributed by atoms with Crippen molar-refractivity contribution >= 4 is 0 Å². The molecule has 86 valence electrons. The smallest absolute Gasteiger partial charge is 0.176 e. The summed E-state index contributed by atoms with van der Waals surface area (Å²) in [5.41, 5.74) is 0. The Bertz CT molecular complexity index is 288. The molecule has 0 aromatic carbocycles. The molecule has 2 atom stereocenters. The van der Waals surface area contributed by atoms with Gasteiger partial charge in [0.25, 0.3) is 0 Å². The summed E-state index contributed by atoms with van der Waals surface area (Å²) in [6, 6.07) is 0.217. The molecule has 1 N–H and O–H groups in total. The summed E-state index contributed by atoms with van der Waals surface area (Å²) in [4.78, 5) is 1.47. The zero-order valence-corrected chi connectivity index (χ0v) is 9.77. The van der Waals surface area contributed by atoms with E-state index in [4.69, 9.17) is 4.74 Å². The molecule has 6 nitrogen and oxygen atoms in total. The Morgan fingerprint density at radius 1 is 1.53 bits per heavy atom. The zero-order chi connectivity index (χ0) is 11.3. The van der Waals surface area contributed by atoms with Gasteiger partial charge in [0.2, 0.25) is 0 Å². The zero-order valence-electron chi connectivity index (χ0n) is 9.77. The predicted octanol–water partition coefficient (Wildman–Crippen LogP) is -0.234. The van der Waals surface area contributed by atoms with Gasteiger partial charge < -0.3 is 10.1 Å². The van der Waals surface area contributed by atoms with Gasteiger partial charge in [-0.1, -0.05) is 0 Å². The van der Waals surface area contributed by atoms with Gasteiger partial charge in [0.15, 0.2) is 5.82 Å². The molecule has 0 amide bonds. The maximum Gasteiger partial charge on any atom is 0.176 e. The number of nitrogens with one attached hydrogen (secondary N) is 1. The monoisotopic (exact) mass is 213 g/mol. The quantitative estimate of drug-likeness (QED) is 0.707. The first-order chi connectivity index (χ1) is 7.17. The molecule has 15 heavy (non-hydrogen) atoms. The highest BCUT2D eigenvalue weighted by atomic mass is 16.5. The van der Waals surface area contributed by atoms with Crippen LogP contribution in [-0.2, 0) is 18.2 Å². The normalized spacial score (nSPS) is 15.2. The van der Waals surface area contributed by atoms with Gasteiger partial charge in [-0.15, -0.1) is 10.2 Å². The Labute approximate surface area is 90.0 Å². The summed E-state index contributed by atoms with van der Waals surface area (Å²) in [6.07, 6.45) is 0.870. The SMILES string of the molecule is CCOC(C)C(Cc1nnn(C)n1)NC. The fourth-order valence-electron chi connectivity index (χ4n) is 1.48. The van der Waals surface area contributed by atoms with Gasteiger partial charge in [-0.05, 0) is 26.1 Å². The largest absolute Gasteiger partial charge is 0.377 e. The number of nitrogens with zero attached hydrogens (tertiary/aromatic N) is 4. The van der Waals surface area contributed by atoms with Crippen LogP contribution in [0.15, 0.2) is 0 Å². The molecule has 0 fully saturated rings. The molecular formula is C9H19N5O. The van der Waals surface area contributed by atoms with Gasteiger partial charge in [-0.2, -0.15) is 4.80 Å². The van der Waals surface area contributed by atoms with Crippen LogP contribution in [0, 0.1) is 0 Å². The third-order valence-corrected chi connectivity index (χ3v) is 2.32. The van der Waals surface area contributed by atoms with Crippen LogP contribution >= 0.6 is 0 Å². The van der Waals surface area contributed by atoms with Gasteiger partial charge >= 0.3 is 0 Å². The van der Waals surface area contributed by atoms with Gasteiger partial charge in [0.05, 0.1) is 13.2 Å². The minimum atomic E-state index is 0.142. The molecule has 0 spiro atoms. The van der Waals surface area contributed by atoms with Crippen molar-refractivity contribution in [3.63, 3.8) is 0 Å². The fourth-order valence-corrected chi connectivity index (χ4v) is 1.48. The third-order valence-electron chi connectivity index (χ3n) is 2.32. The Kier molecular flexibility index (Phi) is 4.64. The van der Waals surface area contributed by atoms with Crippen molar-refractivity contribution in [1.29, 1.82) is 0 Å². The molecule has 6 heteroatoms. The second-order valence-corrected chi connectivity index (χ2v) is 3.45. The van der Waals surface area contributed by atoms with Crippen molar-refractivity contribution in [3.8, 4) is 0 Å². The molecule has 1 aromatic rings. The summed E-state index contributed by atoms with van der Waals surface area (Å²) >= 11 is 0. The summed E-state index contributed by atoms with van der Waals surface area (Å²) in [5.74, 6) is 0.739. The standard InChI is InChI=1S/C9H19N5O/c1-5-15-7(2)8(10-3)6-9-11-13-14(4)12-9/h7-8,10H,5-6H2,1-4H3.